The number of carboxylic acids is 1. The van der Waals surface area contributed by atoms with E-state index in [-0.39, 0.29) is 12.0 Å². The van der Waals surface area contributed by atoms with E-state index in [9.17, 15) is 4.79 Å². The Kier molecular flexibility index (Phi) is 7.34. The fraction of sp³-hybridized carbons (Fsp3) is 0.533. The van der Waals surface area contributed by atoms with Crippen LogP contribution < -0.4 is 0 Å². The Labute approximate surface area is 140 Å². The quantitative estimate of drug-likeness (QED) is 0.726. The first-order valence-electron chi connectivity index (χ1n) is 6.75. The van der Waals surface area contributed by atoms with Crippen LogP contribution in [0, 0.1) is 0 Å². The van der Waals surface area contributed by atoms with Crippen molar-refractivity contribution in [1.82, 2.24) is 4.90 Å². The zero-order valence-electron chi connectivity index (χ0n) is 12.5. The molecule has 0 aliphatic rings. The summed E-state index contributed by atoms with van der Waals surface area (Å²) in [6.07, 6.45) is 0.153. The van der Waals surface area contributed by atoms with Crippen molar-refractivity contribution in [1.29, 1.82) is 0 Å². The van der Waals surface area contributed by atoms with Crippen molar-refractivity contribution >= 4 is 40.9 Å². The molecular formula is C15H21Cl2NO2S. The van der Waals surface area contributed by atoms with Gasteiger partial charge in [0.05, 0.1) is 11.4 Å². The number of thioether (sulfide) groups is 1. The molecule has 0 radical (unpaired) electrons. The number of nitrogens with zero attached hydrogens (tertiary/aromatic N) is 1. The lowest BCUT2D eigenvalue weighted by molar-refractivity contribution is -0.137. The molecule has 0 amide bonds. The van der Waals surface area contributed by atoms with E-state index < -0.39 is 5.97 Å². The van der Waals surface area contributed by atoms with Gasteiger partial charge in [-0.3, -0.25) is 9.69 Å². The van der Waals surface area contributed by atoms with E-state index in [2.05, 4.69) is 25.7 Å². The van der Waals surface area contributed by atoms with E-state index in [4.69, 9.17) is 28.3 Å². The molecule has 1 aromatic rings. The van der Waals surface area contributed by atoms with Gasteiger partial charge in [-0.1, -0.05) is 23.2 Å². The zero-order valence-corrected chi connectivity index (χ0v) is 14.9. The van der Waals surface area contributed by atoms with Crippen LogP contribution in [0.2, 0.25) is 10.0 Å². The third-order valence-corrected chi connectivity index (χ3v) is 4.77. The Morgan fingerprint density at radius 1 is 1.29 bits per heavy atom. The molecule has 0 saturated heterocycles. The molecule has 1 N–H and O–H groups in total. The average Bonchev–Trinajstić information content (AvgIpc) is 2.35. The summed E-state index contributed by atoms with van der Waals surface area (Å²) in [4.78, 5) is 13.9. The summed E-state index contributed by atoms with van der Waals surface area (Å²) in [5.74, 6) is 0.0616. The number of hydrogen-bond donors (Lipinski definition) is 1. The molecule has 0 aliphatic carbocycles. The van der Waals surface area contributed by atoms with Gasteiger partial charge in [-0.2, -0.15) is 0 Å². The molecule has 1 aromatic carbocycles. The summed E-state index contributed by atoms with van der Waals surface area (Å²) < 4.78 is 0. The smallest absolute Gasteiger partial charge is 0.304 e. The van der Waals surface area contributed by atoms with E-state index in [1.807, 2.05) is 6.07 Å². The molecule has 0 bridgehead atoms. The molecule has 1 rings (SSSR count). The molecule has 0 atom stereocenters. The van der Waals surface area contributed by atoms with Crippen molar-refractivity contribution in [3.63, 3.8) is 0 Å². The van der Waals surface area contributed by atoms with Crippen LogP contribution in [-0.4, -0.2) is 40.4 Å². The predicted molar refractivity (Wildman–Crippen MR) is 90.8 cm³/mol. The van der Waals surface area contributed by atoms with Crippen LogP contribution in [-0.2, 0) is 4.79 Å². The van der Waals surface area contributed by atoms with E-state index in [1.165, 1.54) is 0 Å². The summed E-state index contributed by atoms with van der Waals surface area (Å²) in [5.41, 5.74) is -0.0614. The number of aliphatic carboxylic acids is 1. The summed E-state index contributed by atoms with van der Waals surface area (Å²) in [6.45, 7) is 7.61. The maximum absolute atomic E-state index is 10.7. The normalized spacial score (nSPS) is 11.9. The number of carboxylic acid groups (broad SMARTS) is 1. The van der Waals surface area contributed by atoms with Crippen molar-refractivity contribution in [2.24, 2.45) is 0 Å². The fourth-order valence-corrected chi connectivity index (χ4v) is 3.33. The number of benzene rings is 1. The maximum Gasteiger partial charge on any atom is 0.304 e. The van der Waals surface area contributed by atoms with Gasteiger partial charge in [0.15, 0.2) is 0 Å². The highest BCUT2D eigenvalue weighted by molar-refractivity contribution is 7.99. The molecule has 0 aromatic heterocycles. The molecule has 0 heterocycles. The lowest BCUT2D eigenvalue weighted by Crippen LogP contribution is -2.43. The van der Waals surface area contributed by atoms with Crippen LogP contribution in [0.15, 0.2) is 23.1 Å². The first-order valence-corrected chi connectivity index (χ1v) is 8.49. The van der Waals surface area contributed by atoms with Crippen LogP contribution in [0.5, 0.6) is 0 Å². The molecule has 0 fully saturated rings. The second kappa shape index (κ2) is 8.28. The Morgan fingerprint density at radius 2 is 1.95 bits per heavy atom. The molecule has 0 spiro atoms. The van der Waals surface area contributed by atoms with Crippen molar-refractivity contribution in [2.45, 2.75) is 37.6 Å². The zero-order chi connectivity index (χ0) is 16.0. The van der Waals surface area contributed by atoms with Gasteiger partial charge in [-0.05, 0) is 39.0 Å². The minimum atomic E-state index is -0.769. The van der Waals surface area contributed by atoms with Crippen LogP contribution in [0.25, 0.3) is 0 Å². The Morgan fingerprint density at radius 3 is 2.52 bits per heavy atom. The average molecular weight is 350 g/mol. The second-order valence-electron chi connectivity index (χ2n) is 5.72. The highest BCUT2D eigenvalue weighted by Crippen LogP contribution is 2.30. The summed E-state index contributed by atoms with van der Waals surface area (Å²) >= 11 is 13.7. The topological polar surface area (TPSA) is 40.5 Å². The Bertz CT molecular complexity index is 489. The molecule has 3 nitrogen and oxygen atoms in total. The molecule has 0 unspecified atom stereocenters. The van der Waals surface area contributed by atoms with Gasteiger partial charge in [0, 0.05) is 34.3 Å². The molecular weight excluding hydrogens is 329 g/mol. The highest BCUT2D eigenvalue weighted by atomic mass is 35.5. The third-order valence-electron chi connectivity index (χ3n) is 3.06. The summed E-state index contributed by atoms with van der Waals surface area (Å²) in [6, 6.07) is 5.41. The van der Waals surface area contributed by atoms with Gasteiger partial charge >= 0.3 is 5.97 Å². The van der Waals surface area contributed by atoms with Gasteiger partial charge in [0.25, 0.3) is 0 Å². The molecule has 21 heavy (non-hydrogen) atoms. The van der Waals surface area contributed by atoms with Crippen molar-refractivity contribution < 1.29 is 9.90 Å². The minimum Gasteiger partial charge on any atom is -0.481 e. The van der Waals surface area contributed by atoms with Crippen LogP contribution in [0.1, 0.15) is 27.2 Å². The number of halogens is 2. The molecule has 0 aliphatic heterocycles. The standard InChI is InChI=1S/C15H21Cl2NO2S/c1-15(2,3)18(7-6-14(19)20)8-9-21-13-10-11(16)4-5-12(13)17/h4-5,10H,6-9H2,1-3H3,(H,19,20). The van der Waals surface area contributed by atoms with E-state index in [0.717, 1.165) is 17.2 Å². The lowest BCUT2D eigenvalue weighted by Gasteiger charge is -2.35. The number of carbonyl (C=O) groups is 1. The fourth-order valence-electron chi connectivity index (χ4n) is 1.87. The second-order valence-corrected chi connectivity index (χ2v) is 7.71. The largest absolute Gasteiger partial charge is 0.481 e. The van der Waals surface area contributed by atoms with Crippen molar-refractivity contribution in [3.8, 4) is 0 Å². The minimum absolute atomic E-state index is 0.0614. The third kappa shape index (κ3) is 6.92. The van der Waals surface area contributed by atoms with Crippen LogP contribution in [0.4, 0.5) is 0 Å². The van der Waals surface area contributed by atoms with Gasteiger partial charge in [-0.15, -0.1) is 11.8 Å². The number of hydrogen-bond acceptors (Lipinski definition) is 3. The first kappa shape index (κ1) is 18.6. The van der Waals surface area contributed by atoms with E-state index in [0.29, 0.717) is 16.6 Å². The monoisotopic (exact) mass is 349 g/mol. The highest BCUT2D eigenvalue weighted by Gasteiger charge is 2.21. The summed E-state index contributed by atoms with van der Waals surface area (Å²) in [7, 11) is 0. The Hall–Kier alpha value is -0.420. The predicted octanol–water partition coefficient (Wildman–Crippen LogP) is 4.66. The Balaban J connectivity index is 2.57. The first-order chi connectivity index (χ1) is 9.70. The molecule has 0 saturated carbocycles. The van der Waals surface area contributed by atoms with E-state index >= 15 is 0 Å². The SMILES string of the molecule is CC(C)(C)N(CCSc1cc(Cl)ccc1Cl)CCC(=O)O. The molecule has 6 heteroatoms. The maximum atomic E-state index is 10.7. The van der Waals surface area contributed by atoms with Crippen LogP contribution in [0.3, 0.4) is 0 Å². The van der Waals surface area contributed by atoms with Crippen molar-refractivity contribution in [2.75, 3.05) is 18.8 Å². The van der Waals surface area contributed by atoms with Crippen LogP contribution >= 0.6 is 35.0 Å². The van der Waals surface area contributed by atoms with Gasteiger partial charge in [0.1, 0.15) is 0 Å². The molecule has 118 valence electrons. The van der Waals surface area contributed by atoms with E-state index in [1.54, 1.807) is 23.9 Å². The lowest BCUT2D eigenvalue weighted by atomic mass is 10.1. The number of rotatable bonds is 7. The van der Waals surface area contributed by atoms with Gasteiger partial charge in [0.2, 0.25) is 0 Å². The van der Waals surface area contributed by atoms with Gasteiger partial charge in [-0.25, -0.2) is 0 Å². The summed E-state index contributed by atoms with van der Waals surface area (Å²) in [5, 5.41) is 10.2. The van der Waals surface area contributed by atoms with Crippen molar-refractivity contribution in [3.05, 3.63) is 28.2 Å². The van der Waals surface area contributed by atoms with Gasteiger partial charge < -0.3 is 5.11 Å².